The molecule has 1 fully saturated rings. The molecule has 2 heterocycles. The molecule has 19 heavy (non-hydrogen) atoms. The molecule has 1 amide bonds. The molecule has 0 radical (unpaired) electrons. The summed E-state index contributed by atoms with van der Waals surface area (Å²) in [6.07, 6.45) is 1.07. The minimum Gasteiger partial charge on any atom is -0.486 e. The molecule has 0 spiro atoms. The number of fused-ring (bicyclic) bond motifs is 1. The van der Waals surface area contributed by atoms with E-state index < -0.39 is 0 Å². The maximum absolute atomic E-state index is 12.4. The molecule has 2 aliphatic rings. The SMILES string of the molecule is O=C(c1ccc2c(c1)OCCO2)N1CCC(CBr)C1. The Morgan fingerprint density at radius 2 is 2.11 bits per heavy atom. The van der Waals surface area contributed by atoms with Crippen molar-refractivity contribution in [3.05, 3.63) is 23.8 Å². The largest absolute Gasteiger partial charge is 0.486 e. The number of alkyl halides is 1. The number of halogens is 1. The molecule has 0 aliphatic carbocycles. The number of hydrogen-bond donors (Lipinski definition) is 0. The third kappa shape index (κ3) is 2.56. The summed E-state index contributed by atoms with van der Waals surface area (Å²) < 4.78 is 11.0. The highest BCUT2D eigenvalue weighted by Gasteiger charge is 2.27. The van der Waals surface area contributed by atoms with Gasteiger partial charge in [0.05, 0.1) is 0 Å². The maximum Gasteiger partial charge on any atom is 0.254 e. The van der Waals surface area contributed by atoms with E-state index in [2.05, 4.69) is 15.9 Å². The Morgan fingerprint density at radius 3 is 2.84 bits per heavy atom. The van der Waals surface area contributed by atoms with Crippen LogP contribution in [-0.4, -0.2) is 42.4 Å². The fourth-order valence-electron chi connectivity index (χ4n) is 2.50. The zero-order valence-electron chi connectivity index (χ0n) is 10.6. The summed E-state index contributed by atoms with van der Waals surface area (Å²) >= 11 is 3.48. The number of rotatable bonds is 2. The number of carbonyl (C=O) groups excluding carboxylic acids is 1. The molecule has 1 unspecified atom stereocenters. The van der Waals surface area contributed by atoms with E-state index in [1.807, 2.05) is 17.0 Å². The highest BCUT2D eigenvalue weighted by atomic mass is 79.9. The van der Waals surface area contributed by atoms with Crippen LogP contribution in [0, 0.1) is 5.92 Å². The first kappa shape index (κ1) is 12.8. The molecule has 1 aromatic rings. The van der Waals surface area contributed by atoms with Crippen molar-refractivity contribution in [1.82, 2.24) is 4.90 Å². The summed E-state index contributed by atoms with van der Waals surface area (Å²) in [4.78, 5) is 14.3. The first-order valence-corrected chi connectivity index (χ1v) is 7.65. The molecule has 0 saturated carbocycles. The van der Waals surface area contributed by atoms with Crippen LogP contribution in [0.3, 0.4) is 0 Å². The molecule has 0 bridgehead atoms. The molecule has 2 aliphatic heterocycles. The van der Waals surface area contributed by atoms with E-state index in [1.54, 1.807) is 6.07 Å². The summed E-state index contributed by atoms with van der Waals surface area (Å²) in [6, 6.07) is 5.43. The summed E-state index contributed by atoms with van der Waals surface area (Å²) in [5.74, 6) is 2.05. The summed E-state index contributed by atoms with van der Waals surface area (Å²) in [7, 11) is 0. The highest BCUT2D eigenvalue weighted by Crippen LogP contribution is 2.31. The molecule has 5 heteroatoms. The second-order valence-corrected chi connectivity index (χ2v) is 5.57. The topological polar surface area (TPSA) is 38.8 Å². The third-order valence-electron chi connectivity index (χ3n) is 3.58. The second kappa shape index (κ2) is 5.41. The van der Waals surface area contributed by atoms with Gasteiger partial charge in [-0.05, 0) is 30.5 Å². The van der Waals surface area contributed by atoms with Gasteiger partial charge in [0.15, 0.2) is 11.5 Å². The Labute approximate surface area is 120 Å². The molecule has 1 atom stereocenters. The first-order chi connectivity index (χ1) is 9.28. The monoisotopic (exact) mass is 325 g/mol. The number of ether oxygens (including phenoxy) is 2. The summed E-state index contributed by atoms with van der Waals surface area (Å²) in [5, 5.41) is 0.956. The molecule has 1 saturated heterocycles. The van der Waals surface area contributed by atoms with Gasteiger partial charge >= 0.3 is 0 Å². The highest BCUT2D eigenvalue weighted by molar-refractivity contribution is 9.09. The minimum atomic E-state index is 0.0837. The summed E-state index contributed by atoms with van der Waals surface area (Å²) in [5.41, 5.74) is 0.680. The average molecular weight is 326 g/mol. The van der Waals surface area contributed by atoms with Crippen LogP contribution >= 0.6 is 15.9 Å². The van der Waals surface area contributed by atoms with E-state index in [-0.39, 0.29) is 5.91 Å². The van der Waals surface area contributed by atoms with E-state index in [4.69, 9.17) is 9.47 Å². The number of nitrogens with zero attached hydrogens (tertiary/aromatic N) is 1. The third-order valence-corrected chi connectivity index (χ3v) is 4.50. The van der Waals surface area contributed by atoms with Crippen LogP contribution in [0.5, 0.6) is 11.5 Å². The fraction of sp³-hybridized carbons (Fsp3) is 0.500. The van der Waals surface area contributed by atoms with Crippen LogP contribution in [0.2, 0.25) is 0 Å². The van der Waals surface area contributed by atoms with Crippen molar-refractivity contribution in [2.45, 2.75) is 6.42 Å². The molecular formula is C14H16BrNO3. The van der Waals surface area contributed by atoms with Crippen molar-refractivity contribution in [1.29, 1.82) is 0 Å². The van der Waals surface area contributed by atoms with Crippen molar-refractivity contribution in [2.24, 2.45) is 5.92 Å². The lowest BCUT2D eigenvalue weighted by molar-refractivity contribution is 0.0787. The van der Waals surface area contributed by atoms with Crippen molar-refractivity contribution < 1.29 is 14.3 Å². The van der Waals surface area contributed by atoms with Gasteiger partial charge in [-0.1, -0.05) is 15.9 Å². The van der Waals surface area contributed by atoms with Gasteiger partial charge in [0.25, 0.3) is 5.91 Å². The van der Waals surface area contributed by atoms with Crippen molar-refractivity contribution in [3.63, 3.8) is 0 Å². The van der Waals surface area contributed by atoms with Crippen LogP contribution in [-0.2, 0) is 0 Å². The number of amides is 1. The average Bonchev–Trinajstić information content (AvgIpc) is 2.95. The number of benzene rings is 1. The lowest BCUT2D eigenvalue weighted by atomic mass is 10.1. The molecule has 102 valence electrons. The summed E-state index contributed by atoms with van der Waals surface area (Å²) in [6.45, 7) is 2.78. The molecule has 0 N–H and O–H groups in total. The van der Waals surface area contributed by atoms with Crippen molar-refractivity contribution >= 4 is 21.8 Å². The molecule has 1 aromatic carbocycles. The molecular weight excluding hydrogens is 310 g/mol. The van der Waals surface area contributed by atoms with Gasteiger partial charge in [-0.2, -0.15) is 0 Å². The van der Waals surface area contributed by atoms with Gasteiger partial charge in [-0.25, -0.2) is 0 Å². The predicted octanol–water partition coefficient (Wildman–Crippen LogP) is 2.31. The number of likely N-dealkylation sites (tertiary alicyclic amines) is 1. The quantitative estimate of drug-likeness (QED) is 0.783. The van der Waals surface area contributed by atoms with Gasteiger partial charge in [0.2, 0.25) is 0 Å². The number of carbonyl (C=O) groups is 1. The Hall–Kier alpha value is -1.23. The van der Waals surface area contributed by atoms with Gasteiger partial charge < -0.3 is 14.4 Å². The first-order valence-electron chi connectivity index (χ1n) is 6.53. The van der Waals surface area contributed by atoms with Gasteiger partial charge in [-0.3, -0.25) is 4.79 Å². The molecule has 4 nitrogen and oxygen atoms in total. The Balaban J connectivity index is 1.77. The smallest absolute Gasteiger partial charge is 0.254 e. The van der Waals surface area contributed by atoms with Gasteiger partial charge in [-0.15, -0.1) is 0 Å². The van der Waals surface area contributed by atoms with Crippen LogP contribution in [0.15, 0.2) is 18.2 Å². The normalized spacial score (nSPS) is 21.5. The van der Waals surface area contributed by atoms with Crippen LogP contribution in [0.25, 0.3) is 0 Å². The molecule has 3 rings (SSSR count). The Kier molecular flexibility index (Phi) is 3.64. The van der Waals surface area contributed by atoms with Gasteiger partial charge in [0, 0.05) is 24.0 Å². The Bertz CT molecular complexity index is 492. The fourth-order valence-corrected chi connectivity index (χ4v) is 3.03. The molecule has 0 aromatic heterocycles. The van der Waals surface area contributed by atoms with Crippen LogP contribution < -0.4 is 9.47 Å². The lowest BCUT2D eigenvalue weighted by Gasteiger charge is -2.20. The van der Waals surface area contributed by atoms with E-state index in [0.29, 0.717) is 30.4 Å². The minimum absolute atomic E-state index is 0.0837. The maximum atomic E-state index is 12.4. The number of hydrogen-bond acceptors (Lipinski definition) is 3. The van der Waals surface area contributed by atoms with Crippen molar-refractivity contribution in [3.8, 4) is 11.5 Å². The zero-order chi connectivity index (χ0) is 13.2. The predicted molar refractivity (Wildman–Crippen MR) is 75.2 cm³/mol. The second-order valence-electron chi connectivity index (χ2n) is 4.92. The standard InChI is InChI=1S/C14H16BrNO3/c15-8-10-3-4-16(9-10)14(17)11-1-2-12-13(7-11)19-6-5-18-12/h1-2,7,10H,3-6,8-9H2. The lowest BCUT2D eigenvalue weighted by Crippen LogP contribution is -2.29. The van der Waals surface area contributed by atoms with E-state index in [9.17, 15) is 4.79 Å². The zero-order valence-corrected chi connectivity index (χ0v) is 12.2. The van der Waals surface area contributed by atoms with Gasteiger partial charge in [0.1, 0.15) is 13.2 Å². The Morgan fingerprint density at radius 1 is 1.32 bits per heavy atom. The van der Waals surface area contributed by atoms with Crippen LogP contribution in [0.4, 0.5) is 0 Å². The van der Waals surface area contributed by atoms with Crippen molar-refractivity contribution in [2.75, 3.05) is 31.6 Å². The van der Waals surface area contributed by atoms with Crippen LogP contribution in [0.1, 0.15) is 16.8 Å². The van der Waals surface area contributed by atoms with E-state index >= 15 is 0 Å². The van der Waals surface area contributed by atoms with E-state index in [1.165, 1.54) is 0 Å². The van der Waals surface area contributed by atoms with E-state index in [0.717, 1.165) is 30.6 Å².